The summed E-state index contributed by atoms with van der Waals surface area (Å²) in [7, 11) is 0. The van der Waals surface area contributed by atoms with E-state index in [0.29, 0.717) is 6.42 Å². The highest BCUT2D eigenvalue weighted by Crippen LogP contribution is 2.30. The third kappa shape index (κ3) is 34.3. The molecule has 77 heavy (non-hydrogen) atoms. The van der Waals surface area contributed by atoms with Crippen LogP contribution in [0.5, 0.6) is 0 Å². The van der Waals surface area contributed by atoms with Gasteiger partial charge in [-0.3, -0.25) is 4.79 Å². The number of aliphatic hydroxyl groups is 8. The van der Waals surface area contributed by atoms with Gasteiger partial charge in [0.15, 0.2) is 12.6 Å². The molecule has 0 aromatic carbocycles. The van der Waals surface area contributed by atoms with Crippen molar-refractivity contribution in [3.63, 3.8) is 0 Å². The second kappa shape index (κ2) is 48.9. The Balaban J connectivity index is 1.69. The van der Waals surface area contributed by atoms with Crippen LogP contribution in [-0.2, 0) is 23.7 Å². The van der Waals surface area contributed by atoms with Crippen LogP contribution in [0.25, 0.3) is 0 Å². The topological polar surface area (TPSA) is 228 Å². The lowest BCUT2D eigenvalue weighted by atomic mass is 9.97. The van der Waals surface area contributed by atoms with Crippen molar-refractivity contribution in [1.82, 2.24) is 5.32 Å². The molecule has 0 aromatic heterocycles. The Bertz CT molecular complexity index is 1430. The first-order valence-corrected chi connectivity index (χ1v) is 31.7. The van der Waals surface area contributed by atoms with Crippen molar-refractivity contribution in [2.24, 2.45) is 0 Å². The first-order valence-electron chi connectivity index (χ1n) is 31.7. The van der Waals surface area contributed by atoms with E-state index >= 15 is 0 Å². The smallest absolute Gasteiger partial charge is 0.220 e. The number of nitrogens with one attached hydrogen (secondary N) is 1. The van der Waals surface area contributed by atoms with Crippen LogP contribution in [0, 0.1) is 0 Å². The van der Waals surface area contributed by atoms with E-state index in [4.69, 9.17) is 18.9 Å². The molecule has 0 bridgehead atoms. The number of hydrogen-bond donors (Lipinski definition) is 9. The number of carbonyl (C=O) groups is 1. The van der Waals surface area contributed by atoms with Gasteiger partial charge in [0.05, 0.1) is 32.0 Å². The summed E-state index contributed by atoms with van der Waals surface area (Å²) in [5.41, 5.74) is 0. The zero-order valence-electron chi connectivity index (χ0n) is 48.7. The third-order valence-electron chi connectivity index (χ3n) is 15.6. The average Bonchev–Trinajstić information content (AvgIpc) is 3.44. The Morgan fingerprint density at radius 3 is 1.34 bits per heavy atom. The molecule has 14 nitrogen and oxygen atoms in total. The molecule has 0 radical (unpaired) electrons. The Kier molecular flexibility index (Phi) is 45.3. The summed E-state index contributed by atoms with van der Waals surface area (Å²) in [6.07, 6.45) is 43.5. The average molecular weight is 1100 g/mol. The molecule has 0 aliphatic carbocycles. The van der Waals surface area contributed by atoms with E-state index in [0.717, 1.165) is 64.2 Å². The fraction of sp³-hybridized carbons (Fsp3) is 0.889. The van der Waals surface area contributed by atoms with Crippen LogP contribution in [0.4, 0.5) is 0 Å². The van der Waals surface area contributed by atoms with Crippen molar-refractivity contribution in [2.75, 3.05) is 19.8 Å². The predicted molar refractivity (Wildman–Crippen MR) is 309 cm³/mol. The van der Waals surface area contributed by atoms with Gasteiger partial charge >= 0.3 is 0 Å². The van der Waals surface area contributed by atoms with Gasteiger partial charge < -0.3 is 65.1 Å². The highest BCUT2D eigenvalue weighted by atomic mass is 16.7. The molecule has 14 heteroatoms. The van der Waals surface area contributed by atoms with E-state index in [1.807, 2.05) is 6.08 Å². The molecule has 2 aliphatic rings. The highest BCUT2D eigenvalue weighted by Gasteiger charge is 2.51. The van der Waals surface area contributed by atoms with E-state index < -0.39 is 86.8 Å². The zero-order valence-corrected chi connectivity index (χ0v) is 48.7. The van der Waals surface area contributed by atoms with Crippen LogP contribution >= 0.6 is 0 Å². The number of carbonyl (C=O) groups excluding carboxylic acids is 1. The molecule has 12 atom stereocenters. The van der Waals surface area contributed by atoms with Crippen LogP contribution in [0.3, 0.4) is 0 Å². The minimum absolute atomic E-state index is 0.252. The summed E-state index contributed by atoms with van der Waals surface area (Å²) in [6, 6.07) is -0.922. The second-order valence-corrected chi connectivity index (χ2v) is 22.5. The minimum Gasteiger partial charge on any atom is -0.394 e. The molecule has 12 unspecified atom stereocenters. The van der Waals surface area contributed by atoms with Gasteiger partial charge in [-0.25, -0.2) is 0 Å². The minimum atomic E-state index is -1.79. The SMILES string of the molecule is CCCC/C=C\C/C=C\CCCCCCCC(=O)NC(COC1OC(CO)C(OC2OC(CO)C(O)C(O)C2O)C(O)C1O)C(O)/C=C/CCCCCCCCCCCCCCCCCCCCCCCCCCCCC. The second-order valence-electron chi connectivity index (χ2n) is 22.5. The van der Waals surface area contributed by atoms with Crippen molar-refractivity contribution in [1.29, 1.82) is 0 Å². The first-order chi connectivity index (χ1) is 37.6. The molecule has 2 rings (SSSR count). The number of ether oxygens (including phenoxy) is 4. The standard InChI is InChI=1S/C63H117NO13/c1-3-5-7-9-11-13-15-17-19-20-21-22-23-24-25-26-27-28-29-30-31-32-33-34-36-38-40-42-44-46-52(67)51(64-55(68)47-45-43-41-39-37-35-18-16-14-12-10-8-6-4-2)50-74-62-60(73)58(71)61(54(49-66)76-62)77-63-59(72)57(70)56(69)53(48-65)75-63/h10,12,16,18,44,46,51-54,56-63,65-67,69-73H,3-9,11,13-15,17,19-43,45,47-50H2,1-2H3,(H,64,68)/b12-10-,18-16-,46-44+. The summed E-state index contributed by atoms with van der Waals surface area (Å²) in [5, 5.41) is 87.1. The lowest BCUT2D eigenvalue weighted by Crippen LogP contribution is -2.65. The first kappa shape index (κ1) is 71.3. The Morgan fingerprint density at radius 1 is 0.468 bits per heavy atom. The highest BCUT2D eigenvalue weighted by molar-refractivity contribution is 5.76. The summed E-state index contributed by atoms with van der Waals surface area (Å²) in [4.78, 5) is 13.2. The summed E-state index contributed by atoms with van der Waals surface area (Å²) >= 11 is 0. The number of allylic oxidation sites excluding steroid dienone is 5. The molecule has 0 saturated carbocycles. The van der Waals surface area contributed by atoms with Crippen molar-refractivity contribution < 1.29 is 64.6 Å². The van der Waals surface area contributed by atoms with Gasteiger partial charge in [-0.1, -0.05) is 249 Å². The van der Waals surface area contributed by atoms with Crippen LogP contribution in [0.2, 0.25) is 0 Å². The number of hydrogen-bond acceptors (Lipinski definition) is 13. The van der Waals surface area contributed by atoms with Crippen molar-refractivity contribution >= 4 is 5.91 Å². The van der Waals surface area contributed by atoms with Crippen LogP contribution in [0.1, 0.15) is 264 Å². The van der Waals surface area contributed by atoms with Crippen molar-refractivity contribution in [3.8, 4) is 0 Å². The normalized spacial score (nSPS) is 24.9. The summed E-state index contributed by atoms with van der Waals surface area (Å²) in [6.45, 7) is 2.76. The molecule has 0 aromatic rings. The molecule has 9 N–H and O–H groups in total. The van der Waals surface area contributed by atoms with Crippen LogP contribution < -0.4 is 5.32 Å². The van der Waals surface area contributed by atoms with Crippen LogP contribution in [-0.4, -0.2) is 140 Å². The molecular formula is C63H117NO13. The lowest BCUT2D eigenvalue weighted by molar-refractivity contribution is -0.359. The number of rotatable bonds is 51. The van der Waals surface area contributed by atoms with Crippen molar-refractivity contribution in [2.45, 2.75) is 338 Å². The molecule has 2 heterocycles. The maximum atomic E-state index is 13.2. The van der Waals surface area contributed by atoms with E-state index in [1.165, 1.54) is 173 Å². The summed E-state index contributed by atoms with van der Waals surface area (Å²) < 4.78 is 22.8. The fourth-order valence-corrected chi connectivity index (χ4v) is 10.4. The maximum Gasteiger partial charge on any atom is 0.220 e. The number of amides is 1. The Labute approximate surface area is 468 Å². The van der Waals surface area contributed by atoms with E-state index in [9.17, 15) is 45.6 Å². The predicted octanol–water partition coefficient (Wildman–Crippen LogP) is 11.4. The molecule has 1 amide bonds. The van der Waals surface area contributed by atoms with Gasteiger partial charge in [0.1, 0.15) is 48.8 Å². The van der Waals surface area contributed by atoms with Gasteiger partial charge in [-0.05, 0) is 44.9 Å². The van der Waals surface area contributed by atoms with Gasteiger partial charge in [0, 0.05) is 6.42 Å². The van der Waals surface area contributed by atoms with E-state index in [1.54, 1.807) is 6.08 Å². The fourth-order valence-electron chi connectivity index (χ4n) is 10.4. The largest absolute Gasteiger partial charge is 0.394 e. The quantitative estimate of drug-likeness (QED) is 0.0204. The Hall–Kier alpha value is -1.79. The van der Waals surface area contributed by atoms with E-state index in [-0.39, 0.29) is 18.9 Å². The molecule has 2 saturated heterocycles. The van der Waals surface area contributed by atoms with E-state index in [2.05, 4.69) is 43.5 Å². The molecule has 452 valence electrons. The van der Waals surface area contributed by atoms with Gasteiger partial charge in [0.2, 0.25) is 5.91 Å². The number of aliphatic hydroxyl groups excluding tert-OH is 8. The molecule has 2 aliphatic heterocycles. The monoisotopic (exact) mass is 1100 g/mol. The Morgan fingerprint density at radius 2 is 0.870 bits per heavy atom. The molecule has 0 spiro atoms. The number of unbranched alkanes of at least 4 members (excludes halogenated alkanes) is 34. The van der Waals surface area contributed by atoms with Gasteiger partial charge in [-0.15, -0.1) is 0 Å². The maximum absolute atomic E-state index is 13.2. The molecular weight excluding hydrogens is 979 g/mol. The summed E-state index contributed by atoms with van der Waals surface area (Å²) in [5.74, 6) is -0.252. The van der Waals surface area contributed by atoms with Gasteiger partial charge in [0.25, 0.3) is 0 Å². The molecule has 2 fully saturated rings. The van der Waals surface area contributed by atoms with Crippen LogP contribution in [0.15, 0.2) is 36.5 Å². The van der Waals surface area contributed by atoms with Crippen molar-refractivity contribution in [3.05, 3.63) is 36.5 Å². The third-order valence-corrected chi connectivity index (χ3v) is 15.6. The van der Waals surface area contributed by atoms with Gasteiger partial charge in [-0.2, -0.15) is 0 Å². The zero-order chi connectivity index (χ0) is 56.0. The lowest BCUT2D eigenvalue weighted by Gasteiger charge is -2.46.